The molecule has 14 N–H and O–H groups in total. The highest BCUT2D eigenvalue weighted by Crippen LogP contribution is 2.56. The van der Waals surface area contributed by atoms with Gasteiger partial charge >= 0.3 is 0 Å². The van der Waals surface area contributed by atoms with E-state index in [1.54, 1.807) is 0 Å². The number of hydrogen-bond acceptors (Lipinski definition) is 20. The van der Waals surface area contributed by atoms with E-state index in [-0.39, 0.29) is 6.61 Å². The third kappa shape index (κ3) is 6.57. The molecule has 0 aromatic carbocycles. The van der Waals surface area contributed by atoms with Crippen LogP contribution in [0.5, 0.6) is 0 Å². The van der Waals surface area contributed by atoms with Crippen molar-refractivity contribution in [1.82, 2.24) is 0 Å². The lowest BCUT2D eigenvalue weighted by atomic mass is 9.96. The summed E-state index contributed by atoms with van der Waals surface area (Å²) in [6.07, 6.45) is -26.4. The van der Waals surface area contributed by atoms with Gasteiger partial charge in [-0.3, -0.25) is 0 Å². The topological polar surface area (TPSA) is 333 Å². The lowest BCUT2D eigenvalue weighted by Gasteiger charge is -2.47. The summed E-state index contributed by atoms with van der Waals surface area (Å²) in [5.41, 5.74) is 6.26. The predicted molar refractivity (Wildman–Crippen MR) is 142 cm³/mol. The van der Waals surface area contributed by atoms with E-state index in [1.807, 2.05) is 0 Å². The van der Waals surface area contributed by atoms with E-state index in [4.69, 9.17) is 38.9 Å². The third-order valence-corrected chi connectivity index (χ3v) is 9.34. The first-order valence-electron chi connectivity index (χ1n) is 15.1. The maximum Gasteiger partial charge on any atom is 0.192 e. The van der Waals surface area contributed by atoms with Crippen molar-refractivity contribution in [1.29, 1.82) is 0 Å². The van der Waals surface area contributed by atoms with E-state index in [2.05, 4.69) is 0 Å². The first kappa shape index (κ1) is 36.5. The van der Waals surface area contributed by atoms with Crippen LogP contribution in [0.3, 0.4) is 0 Å². The molecule has 0 aromatic rings. The lowest BCUT2D eigenvalue weighted by molar-refractivity contribution is -0.372. The van der Waals surface area contributed by atoms with Crippen molar-refractivity contribution in [3.05, 3.63) is 0 Å². The van der Waals surface area contributed by atoms with Crippen LogP contribution in [-0.4, -0.2) is 210 Å². The number of fused-ring (bicyclic) bond motifs is 1. The molecule has 1 aliphatic carbocycles. The molecule has 14 unspecified atom stereocenters. The van der Waals surface area contributed by atoms with Gasteiger partial charge < -0.3 is 100 Å². The number of nitrogens with two attached hydrogens (primary N) is 1. The fraction of sp³-hybridized carbons (Fsp3) is 1.00. The zero-order valence-corrected chi connectivity index (χ0v) is 24.5. The quantitative estimate of drug-likeness (QED) is 0.102. The molecule has 5 rings (SSSR count). The van der Waals surface area contributed by atoms with Crippen LogP contribution in [0.1, 0.15) is 6.42 Å². The highest BCUT2D eigenvalue weighted by Gasteiger charge is 2.76. The Morgan fingerprint density at radius 3 is 1.78 bits per heavy atom. The van der Waals surface area contributed by atoms with Gasteiger partial charge in [0.25, 0.3) is 0 Å². The summed E-state index contributed by atoms with van der Waals surface area (Å²) in [6.45, 7) is -3.29. The van der Waals surface area contributed by atoms with Gasteiger partial charge in [-0.1, -0.05) is 0 Å². The molecule has 46 heavy (non-hydrogen) atoms. The highest BCUT2D eigenvalue weighted by molar-refractivity contribution is 5.20. The van der Waals surface area contributed by atoms with Gasteiger partial charge in [0.1, 0.15) is 79.4 Å². The summed E-state index contributed by atoms with van der Waals surface area (Å²) in [4.78, 5) is 0. The van der Waals surface area contributed by atoms with Crippen LogP contribution in [0.2, 0.25) is 0 Å². The van der Waals surface area contributed by atoms with E-state index in [1.165, 1.54) is 0 Å². The molecule has 20 heteroatoms. The summed E-state index contributed by atoms with van der Waals surface area (Å²) in [7, 11) is 0. The summed E-state index contributed by atoms with van der Waals surface area (Å²) in [5.74, 6) is -3.06. The lowest BCUT2D eigenvalue weighted by Crippen LogP contribution is -2.65. The van der Waals surface area contributed by atoms with Crippen molar-refractivity contribution < 1.29 is 94.4 Å². The fourth-order valence-corrected chi connectivity index (χ4v) is 6.59. The molecular weight excluding hydrogens is 630 g/mol. The molecule has 1 saturated carbocycles. The van der Waals surface area contributed by atoms with Crippen LogP contribution in [0.25, 0.3) is 0 Å². The van der Waals surface area contributed by atoms with Crippen molar-refractivity contribution in [3.8, 4) is 0 Å². The zero-order valence-electron chi connectivity index (χ0n) is 24.5. The van der Waals surface area contributed by atoms with Crippen LogP contribution in [0, 0.1) is 5.92 Å². The van der Waals surface area contributed by atoms with E-state index >= 15 is 0 Å². The Kier molecular flexibility index (Phi) is 11.6. The first-order valence-corrected chi connectivity index (χ1v) is 15.1. The Hall–Kier alpha value is -0.800. The summed E-state index contributed by atoms with van der Waals surface area (Å²) < 4.78 is 39.6. The number of aliphatic hydroxyl groups is 12. The largest absolute Gasteiger partial charge is 0.394 e. The van der Waals surface area contributed by atoms with E-state index < -0.39 is 155 Å². The summed E-state index contributed by atoms with van der Waals surface area (Å²) >= 11 is 0. The second-order valence-corrected chi connectivity index (χ2v) is 12.3. The predicted octanol–water partition coefficient (Wildman–Crippen LogP) is -8.71. The summed E-state index contributed by atoms with van der Waals surface area (Å²) in [6, 6.07) is -1.14. The van der Waals surface area contributed by atoms with Crippen LogP contribution < -0.4 is 5.73 Å². The van der Waals surface area contributed by atoms with Gasteiger partial charge in [0.05, 0.1) is 57.2 Å². The molecule has 4 saturated heterocycles. The summed E-state index contributed by atoms with van der Waals surface area (Å²) in [5, 5.41) is 124. The molecule has 5 fully saturated rings. The Bertz CT molecular complexity index is 997. The minimum absolute atomic E-state index is 0.306. The van der Waals surface area contributed by atoms with E-state index in [0.29, 0.717) is 0 Å². The van der Waals surface area contributed by atoms with Gasteiger partial charge in [-0.25, -0.2) is 0 Å². The molecule has 0 amide bonds. The fourth-order valence-electron chi connectivity index (χ4n) is 6.59. The normalized spacial score (nSPS) is 54.6. The van der Waals surface area contributed by atoms with Gasteiger partial charge in [0.15, 0.2) is 18.4 Å². The van der Waals surface area contributed by atoms with Gasteiger partial charge in [-0.15, -0.1) is 0 Å². The monoisotopic (exact) mass is 675 g/mol. The molecule has 0 radical (unpaired) electrons. The van der Waals surface area contributed by atoms with Crippen molar-refractivity contribution >= 4 is 0 Å². The van der Waals surface area contributed by atoms with Crippen molar-refractivity contribution in [2.24, 2.45) is 11.7 Å². The second kappa shape index (κ2) is 14.6. The number of hydrogen-bond donors (Lipinski definition) is 13. The van der Waals surface area contributed by atoms with Gasteiger partial charge in [0, 0.05) is 6.42 Å². The minimum Gasteiger partial charge on any atom is -0.394 e. The molecule has 20 nitrogen and oxygen atoms in total. The SMILES string of the molecule is NC1C2C(O)[C@H](O[C@@H]3OC(CO)[C@H](O)C(O)CC3O)C(CO)OC12OC1C(O)[C@H](O[C@@H]2C(CO)OCC(O)C2O)OC(CO)[C@@H]1O. The van der Waals surface area contributed by atoms with E-state index in [9.17, 15) is 61.3 Å². The van der Waals surface area contributed by atoms with Crippen LogP contribution in [-0.2, 0) is 33.2 Å². The zero-order chi connectivity index (χ0) is 33.7. The van der Waals surface area contributed by atoms with Gasteiger partial charge in [0.2, 0.25) is 0 Å². The van der Waals surface area contributed by atoms with Crippen molar-refractivity contribution in [3.63, 3.8) is 0 Å². The Balaban J connectivity index is 1.32. The molecule has 4 aliphatic heterocycles. The smallest absolute Gasteiger partial charge is 0.192 e. The molecular formula is C26H45NO19. The molecule has 0 aromatic heterocycles. The average Bonchev–Trinajstić information content (AvgIpc) is 3.65. The van der Waals surface area contributed by atoms with E-state index in [0.717, 1.165) is 0 Å². The maximum absolute atomic E-state index is 11.3. The molecule has 0 spiro atoms. The van der Waals surface area contributed by atoms with Crippen molar-refractivity contribution in [2.45, 2.75) is 122 Å². The first-order chi connectivity index (χ1) is 21.8. The average molecular weight is 676 g/mol. The molecule has 268 valence electrons. The molecule has 4 heterocycles. The molecule has 20 atom stereocenters. The third-order valence-electron chi connectivity index (χ3n) is 9.34. The van der Waals surface area contributed by atoms with Gasteiger partial charge in [-0.05, 0) is 0 Å². The maximum atomic E-state index is 11.3. The number of aliphatic hydroxyl groups excluding tert-OH is 12. The Morgan fingerprint density at radius 2 is 1.15 bits per heavy atom. The van der Waals surface area contributed by atoms with Gasteiger partial charge in [-0.2, -0.15) is 0 Å². The number of ether oxygens (including phenoxy) is 7. The van der Waals surface area contributed by atoms with Crippen LogP contribution >= 0.6 is 0 Å². The minimum atomic E-state index is -1.94. The standard InChI is InChI=1S/C26H45NO19/c27-23-14-18(38)21(43-24-8(33)1-7(32)15(35)10(2-28)41-24)13(5-31)45-26(14,23)46-22-17(37)11(3-29)42-25(19(22)39)44-20-12(4-30)40-6-9(34)16(20)36/h7-25,28-39H,1-6,27H2/t7?,8?,9?,10?,11?,12?,13?,14?,15-,16?,17+,18?,19?,20-,21-,22?,23?,24+,25+,26?/m1/s1. The van der Waals surface area contributed by atoms with Crippen LogP contribution in [0.15, 0.2) is 0 Å². The second-order valence-electron chi connectivity index (χ2n) is 12.3. The molecule has 5 aliphatic rings. The Morgan fingerprint density at radius 1 is 0.587 bits per heavy atom. The highest BCUT2D eigenvalue weighted by atomic mass is 16.8. The Labute approximate surface area is 261 Å². The van der Waals surface area contributed by atoms with Crippen LogP contribution in [0.4, 0.5) is 0 Å². The van der Waals surface area contributed by atoms with Crippen molar-refractivity contribution in [2.75, 3.05) is 33.0 Å². The molecule has 0 bridgehead atoms. The number of rotatable bonds is 10.